The summed E-state index contributed by atoms with van der Waals surface area (Å²) in [6.07, 6.45) is 2.74. The molecule has 0 bridgehead atoms. The van der Waals surface area contributed by atoms with E-state index in [1.54, 1.807) is 40.8 Å². The molecule has 0 fully saturated rings. The number of thioether (sulfide) groups is 1. The summed E-state index contributed by atoms with van der Waals surface area (Å²) in [6.45, 7) is 7.25. The van der Waals surface area contributed by atoms with Crippen LogP contribution in [0.5, 0.6) is 0 Å². The van der Waals surface area contributed by atoms with Gasteiger partial charge in [0.05, 0.1) is 17.0 Å². The highest BCUT2D eigenvalue weighted by atomic mass is 79.9. The fraction of sp³-hybridized carbons (Fsp3) is 0.375. The van der Waals surface area contributed by atoms with E-state index in [9.17, 15) is 10.1 Å². The molecule has 0 saturated carbocycles. The molecule has 3 aromatic rings. The molecule has 0 amide bonds. The number of hydrogen-bond acceptors (Lipinski definition) is 8. The monoisotopic (exact) mass is 483 g/mol. The number of thiophene rings is 1. The smallest absolute Gasteiger partial charge is 0.258 e. The second kappa shape index (κ2) is 8.53. The van der Waals surface area contributed by atoms with Crippen LogP contribution in [0.4, 0.5) is 5.69 Å². The Morgan fingerprint density at radius 3 is 2.75 bits per heavy atom. The maximum absolute atomic E-state index is 11.2. The van der Waals surface area contributed by atoms with Crippen molar-refractivity contribution in [2.45, 2.75) is 45.1 Å². The van der Waals surface area contributed by atoms with E-state index in [2.05, 4.69) is 43.3 Å². The Morgan fingerprint density at radius 2 is 2.14 bits per heavy atom. The lowest BCUT2D eigenvalue weighted by atomic mass is 10.3. The van der Waals surface area contributed by atoms with E-state index in [4.69, 9.17) is 0 Å². The Balaban J connectivity index is 1.79. The Hall–Kier alpha value is -2.05. The van der Waals surface area contributed by atoms with Crippen LogP contribution >= 0.6 is 39.0 Å². The SMILES string of the molecule is CCc1sc(/C=N/n2c(C)nnc2SCn2nc(C)c([N+](=O)[O-])c2C)cc1Br. The van der Waals surface area contributed by atoms with Crippen LogP contribution in [-0.2, 0) is 12.3 Å². The summed E-state index contributed by atoms with van der Waals surface area (Å²) in [7, 11) is 0. The van der Waals surface area contributed by atoms with Gasteiger partial charge in [-0.3, -0.25) is 14.8 Å². The first-order valence-electron chi connectivity index (χ1n) is 8.37. The third kappa shape index (κ3) is 4.18. The van der Waals surface area contributed by atoms with Gasteiger partial charge in [-0.15, -0.1) is 21.5 Å². The molecule has 3 heterocycles. The quantitative estimate of drug-likeness (QED) is 0.214. The highest BCUT2D eigenvalue weighted by Crippen LogP contribution is 2.28. The number of rotatable bonds is 7. The van der Waals surface area contributed by atoms with Crippen molar-refractivity contribution in [3.8, 4) is 0 Å². The number of halogens is 1. The van der Waals surface area contributed by atoms with Gasteiger partial charge in [0.2, 0.25) is 5.16 Å². The van der Waals surface area contributed by atoms with E-state index in [1.807, 2.05) is 13.0 Å². The van der Waals surface area contributed by atoms with Crippen LogP contribution in [0.2, 0.25) is 0 Å². The maximum atomic E-state index is 11.2. The standard InChI is InChI=1S/C16H18BrN7O2S2/c1-5-14-13(17)6-12(28-14)7-18-23-11(4)19-20-16(23)27-8-22-10(3)15(24(25)26)9(2)21-22/h6-7H,5,8H2,1-4H3/b18-7+. The first-order chi connectivity index (χ1) is 13.3. The Bertz CT molecular complexity index is 1050. The van der Waals surface area contributed by atoms with Gasteiger partial charge in [0, 0.05) is 14.2 Å². The zero-order chi connectivity index (χ0) is 20.4. The lowest BCUT2D eigenvalue weighted by molar-refractivity contribution is -0.386. The number of hydrogen-bond donors (Lipinski definition) is 0. The lowest BCUT2D eigenvalue weighted by Crippen LogP contribution is -2.02. The minimum atomic E-state index is -0.403. The maximum Gasteiger partial charge on any atom is 0.312 e. The summed E-state index contributed by atoms with van der Waals surface area (Å²) < 4.78 is 4.34. The van der Waals surface area contributed by atoms with Crippen molar-refractivity contribution in [3.05, 3.63) is 47.6 Å². The molecule has 28 heavy (non-hydrogen) atoms. The molecule has 0 saturated heterocycles. The van der Waals surface area contributed by atoms with Crippen LogP contribution in [0.15, 0.2) is 20.8 Å². The van der Waals surface area contributed by atoms with Gasteiger partial charge >= 0.3 is 5.69 Å². The van der Waals surface area contributed by atoms with E-state index in [-0.39, 0.29) is 5.69 Å². The summed E-state index contributed by atoms with van der Waals surface area (Å²) in [5.41, 5.74) is 0.955. The summed E-state index contributed by atoms with van der Waals surface area (Å²) in [5, 5.41) is 28.8. The van der Waals surface area contributed by atoms with Gasteiger partial charge in [-0.05, 0) is 49.2 Å². The lowest BCUT2D eigenvalue weighted by Gasteiger charge is -2.03. The van der Waals surface area contributed by atoms with Crippen molar-refractivity contribution < 1.29 is 4.92 Å². The molecule has 0 unspecified atom stereocenters. The molecule has 12 heteroatoms. The van der Waals surface area contributed by atoms with Crippen LogP contribution in [0.1, 0.15) is 33.9 Å². The third-order valence-electron chi connectivity index (χ3n) is 4.01. The molecular formula is C16H18BrN7O2S2. The van der Waals surface area contributed by atoms with Crippen molar-refractivity contribution in [3.63, 3.8) is 0 Å². The second-order valence-electron chi connectivity index (χ2n) is 5.91. The molecule has 3 aromatic heterocycles. The van der Waals surface area contributed by atoms with Gasteiger partial charge in [-0.1, -0.05) is 18.7 Å². The molecule has 148 valence electrons. The predicted molar refractivity (Wildman–Crippen MR) is 113 cm³/mol. The topological polar surface area (TPSA) is 104 Å². The number of aryl methyl sites for hydroxylation is 3. The molecule has 3 rings (SSSR count). The first kappa shape index (κ1) is 20.7. The Labute approximate surface area is 178 Å². The first-order valence-corrected chi connectivity index (χ1v) is 11.0. The molecule has 0 atom stereocenters. The summed E-state index contributed by atoms with van der Waals surface area (Å²) in [5.74, 6) is 1.03. The molecule has 0 radical (unpaired) electrons. The summed E-state index contributed by atoms with van der Waals surface area (Å²) >= 11 is 6.60. The zero-order valence-corrected chi connectivity index (χ0v) is 18.9. The Morgan fingerprint density at radius 1 is 1.39 bits per heavy atom. The van der Waals surface area contributed by atoms with E-state index < -0.39 is 4.92 Å². The third-order valence-corrected chi connectivity index (χ3v) is 7.08. The van der Waals surface area contributed by atoms with Crippen molar-refractivity contribution in [1.82, 2.24) is 24.7 Å². The average Bonchev–Trinajstić information content (AvgIpc) is 3.26. The normalized spacial score (nSPS) is 11.6. The molecule has 0 aliphatic carbocycles. The number of aromatic nitrogens is 5. The van der Waals surface area contributed by atoms with Crippen molar-refractivity contribution in [2.24, 2.45) is 5.10 Å². The van der Waals surface area contributed by atoms with Crippen LogP contribution in [0, 0.1) is 30.9 Å². The Kier molecular flexibility index (Phi) is 6.30. The predicted octanol–water partition coefficient (Wildman–Crippen LogP) is 4.33. The molecular weight excluding hydrogens is 466 g/mol. The van der Waals surface area contributed by atoms with Crippen LogP contribution in [0.25, 0.3) is 0 Å². The van der Waals surface area contributed by atoms with Gasteiger partial charge in [-0.2, -0.15) is 14.9 Å². The van der Waals surface area contributed by atoms with Gasteiger partial charge in [0.25, 0.3) is 0 Å². The summed E-state index contributed by atoms with van der Waals surface area (Å²) in [4.78, 5) is 13.0. The van der Waals surface area contributed by atoms with E-state index in [0.717, 1.165) is 15.8 Å². The minimum Gasteiger partial charge on any atom is -0.258 e. The highest BCUT2D eigenvalue weighted by Gasteiger charge is 2.22. The average molecular weight is 484 g/mol. The zero-order valence-electron chi connectivity index (χ0n) is 15.7. The largest absolute Gasteiger partial charge is 0.312 e. The number of nitrogens with zero attached hydrogens (tertiary/aromatic N) is 7. The van der Waals surface area contributed by atoms with Crippen molar-refractivity contribution >= 4 is 50.9 Å². The minimum absolute atomic E-state index is 0.0475. The van der Waals surface area contributed by atoms with Crippen molar-refractivity contribution in [1.29, 1.82) is 0 Å². The fourth-order valence-electron chi connectivity index (χ4n) is 2.60. The molecule has 0 spiro atoms. The number of nitro groups is 1. The van der Waals surface area contributed by atoms with Gasteiger partial charge in [0.15, 0.2) is 5.82 Å². The molecule has 0 aromatic carbocycles. The molecule has 0 N–H and O–H groups in total. The summed E-state index contributed by atoms with van der Waals surface area (Å²) in [6, 6.07) is 2.04. The van der Waals surface area contributed by atoms with Gasteiger partial charge in [-0.25, -0.2) is 0 Å². The molecule has 9 nitrogen and oxygen atoms in total. The van der Waals surface area contributed by atoms with E-state index >= 15 is 0 Å². The molecule has 0 aliphatic rings. The highest BCUT2D eigenvalue weighted by molar-refractivity contribution is 9.10. The van der Waals surface area contributed by atoms with Gasteiger partial charge < -0.3 is 0 Å². The van der Waals surface area contributed by atoms with Crippen LogP contribution in [-0.4, -0.2) is 35.8 Å². The van der Waals surface area contributed by atoms with Gasteiger partial charge in [0.1, 0.15) is 11.4 Å². The van der Waals surface area contributed by atoms with E-state index in [1.165, 1.54) is 16.6 Å². The van der Waals surface area contributed by atoms with Crippen LogP contribution < -0.4 is 0 Å². The van der Waals surface area contributed by atoms with Crippen LogP contribution in [0.3, 0.4) is 0 Å². The van der Waals surface area contributed by atoms with E-state index in [0.29, 0.717) is 28.2 Å². The second-order valence-corrected chi connectivity index (χ2v) is 8.84. The molecule has 0 aliphatic heterocycles. The van der Waals surface area contributed by atoms with Crippen molar-refractivity contribution in [2.75, 3.05) is 0 Å². The fourth-order valence-corrected chi connectivity index (χ4v) is 5.28.